The SMILES string of the molecule is OCc1nccc2c1CCC(COCc1ccccc1)C2. The second-order valence-electron chi connectivity index (χ2n) is 5.66. The highest BCUT2D eigenvalue weighted by atomic mass is 16.5. The summed E-state index contributed by atoms with van der Waals surface area (Å²) in [7, 11) is 0. The van der Waals surface area contributed by atoms with Gasteiger partial charge in [0.2, 0.25) is 0 Å². The maximum Gasteiger partial charge on any atom is 0.0855 e. The molecule has 0 fully saturated rings. The van der Waals surface area contributed by atoms with E-state index in [-0.39, 0.29) is 6.61 Å². The maximum atomic E-state index is 9.34. The zero-order chi connectivity index (χ0) is 14.5. The lowest BCUT2D eigenvalue weighted by Crippen LogP contribution is -2.20. The summed E-state index contributed by atoms with van der Waals surface area (Å²) < 4.78 is 5.87. The van der Waals surface area contributed by atoms with Gasteiger partial charge in [-0.15, -0.1) is 0 Å². The van der Waals surface area contributed by atoms with Gasteiger partial charge in [-0.3, -0.25) is 4.98 Å². The van der Waals surface area contributed by atoms with Crippen molar-refractivity contribution in [2.24, 2.45) is 5.92 Å². The summed E-state index contributed by atoms with van der Waals surface area (Å²) >= 11 is 0. The number of nitrogens with zero attached hydrogens (tertiary/aromatic N) is 1. The standard InChI is InChI=1S/C18H21NO2/c20-11-18-17-7-6-15(10-16(17)8-9-19-18)13-21-12-14-4-2-1-3-5-14/h1-5,8-9,15,20H,6-7,10-13H2. The second kappa shape index (κ2) is 6.83. The number of hydrogen-bond acceptors (Lipinski definition) is 3. The molecule has 110 valence electrons. The van der Waals surface area contributed by atoms with Crippen LogP contribution in [0.25, 0.3) is 0 Å². The zero-order valence-corrected chi connectivity index (χ0v) is 12.2. The van der Waals surface area contributed by atoms with E-state index in [9.17, 15) is 5.11 Å². The van der Waals surface area contributed by atoms with Gasteiger partial charge in [0.25, 0.3) is 0 Å². The predicted octanol–water partition coefficient (Wildman–Crippen LogP) is 2.90. The van der Waals surface area contributed by atoms with Crippen LogP contribution in [-0.4, -0.2) is 16.7 Å². The van der Waals surface area contributed by atoms with E-state index in [1.54, 1.807) is 6.20 Å². The van der Waals surface area contributed by atoms with Gasteiger partial charge in [-0.1, -0.05) is 30.3 Å². The van der Waals surface area contributed by atoms with Gasteiger partial charge >= 0.3 is 0 Å². The van der Waals surface area contributed by atoms with Crippen molar-refractivity contribution in [2.45, 2.75) is 32.5 Å². The molecule has 1 aromatic carbocycles. The van der Waals surface area contributed by atoms with Crippen molar-refractivity contribution in [3.63, 3.8) is 0 Å². The van der Waals surface area contributed by atoms with Crippen molar-refractivity contribution in [1.82, 2.24) is 4.98 Å². The molecule has 1 aliphatic rings. The molecule has 0 amide bonds. The largest absolute Gasteiger partial charge is 0.390 e. The van der Waals surface area contributed by atoms with Crippen LogP contribution in [0, 0.1) is 5.92 Å². The van der Waals surface area contributed by atoms with Crippen molar-refractivity contribution in [3.8, 4) is 0 Å². The van der Waals surface area contributed by atoms with Gasteiger partial charge in [0.15, 0.2) is 0 Å². The molecule has 1 atom stereocenters. The van der Waals surface area contributed by atoms with Crippen LogP contribution < -0.4 is 0 Å². The Balaban J connectivity index is 1.55. The van der Waals surface area contributed by atoms with Gasteiger partial charge in [0, 0.05) is 6.20 Å². The maximum absolute atomic E-state index is 9.34. The third kappa shape index (κ3) is 3.49. The van der Waals surface area contributed by atoms with E-state index in [0.29, 0.717) is 12.5 Å². The molecule has 3 heteroatoms. The molecule has 3 nitrogen and oxygen atoms in total. The Morgan fingerprint density at radius 3 is 2.86 bits per heavy atom. The minimum absolute atomic E-state index is 0.0400. The van der Waals surface area contributed by atoms with Crippen molar-refractivity contribution in [2.75, 3.05) is 6.61 Å². The number of benzene rings is 1. The first-order valence-corrected chi connectivity index (χ1v) is 7.55. The molecule has 0 spiro atoms. The zero-order valence-electron chi connectivity index (χ0n) is 12.2. The number of aliphatic hydroxyl groups excluding tert-OH is 1. The first-order valence-electron chi connectivity index (χ1n) is 7.55. The lowest BCUT2D eigenvalue weighted by atomic mass is 9.84. The van der Waals surface area contributed by atoms with E-state index >= 15 is 0 Å². The number of fused-ring (bicyclic) bond motifs is 1. The average Bonchev–Trinajstić information content (AvgIpc) is 2.55. The quantitative estimate of drug-likeness (QED) is 0.917. The number of pyridine rings is 1. The Bertz CT molecular complexity index is 583. The van der Waals surface area contributed by atoms with E-state index in [1.807, 2.05) is 18.2 Å². The van der Waals surface area contributed by atoms with Crippen molar-refractivity contribution >= 4 is 0 Å². The smallest absolute Gasteiger partial charge is 0.0855 e. The van der Waals surface area contributed by atoms with Crippen LogP contribution in [0.4, 0.5) is 0 Å². The number of hydrogen-bond donors (Lipinski definition) is 1. The Morgan fingerprint density at radius 1 is 1.19 bits per heavy atom. The Hall–Kier alpha value is -1.71. The van der Waals surface area contributed by atoms with Crippen molar-refractivity contribution in [1.29, 1.82) is 0 Å². The molecule has 0 saturated heterocycles. The third-order valence-corrected chi connectivity index (χ3v) is 4.17. The van der Waals surface area contributed by atoms with Crippen LogP contribution in [0.3, 0.4) is 0 Å². The molecule has 0 saturated carbocycles. The molecule has 1 N–H and O–H groups in total. The number of aliphatic hydroxyl groups is 1. The highest BCUT2D eigenvalue weighted by Crippen LogP contribution is 2.27. The van der Waals surface area contributed by atoms with Crippen molar-refractivity contribution in [3.05, 3.63) is 65.0 Å². The summed E-state index contributed by atoms with van der Waals surface area (Å²) in [5.41, 5.74) is 4.64. The molecular formula is C18H21NO2. The van der Waals surface area contributed by atoms with Crippen LogP contribution >= 0.6 is 0 Å². The van der Waals surface area contributed by atoms with Crippen LogP contribution in [0.2, 0.25) is 0 Å². The van der Waals surface area contributed by atoms with Crippen LogP contribution in [-0.2, 0) is 30.8 Å². The van der Waals surface area contributed by atoms with Crippen LogP contribution in [0.15, 0.2) is 42.6 Å². The molecular weight excluding hydrogens is 262 g/mol. The van der Waals surface area contributed by atoms with Crippen LogP contribution in [0.1, 0.15) is 28.8 Å². The Labute approximate surface area is 125 Å². The summed E-state index contributed by atoms with van der Waals surface area (Å²) in [5.74, 6) is 0.565. The Kier molecular flexibility index (Phi) is 4.63. The third-order valence-electron chi connectivity index (χ3n) is 4.17. The minimum Gasteiger partial charge on any atom is -0.390 e. The fourth-order valence-electron chi connectivity index (χ4n) is 3.03. The monoisotopic (exact) mass is 283 g/mol. The molecule has 1 heterocycles. The van der Waals surface area contributed by atoms with E-state index in [4.69, 9.17) is 4.74 Å². The normalized spacial score (nSPS) is 17.5. The molecule has 0 aliphatic heterocycles. The van der Waals surface area contributed by atoms with Crippen LogP contribution in [0.5, 0.6) is 0 Å². The number of aromatic nitrogens is 1. The first-order chi connectivity index (χ1) is 10.4. The van der Waals surface area contributed by atoms with Crippen molar-refractivity contribution < 1.29 is 9.84 Å². The summed E-state index contributed by atoms with van der Waals surface area (Å²) in [6, 6.07) is 12.4. The van der Waals surface area contributed by atoms with Gasteiger partial charge in [-0.2, -0.15) is 0 Å². The number of ether oxygens (including phenoxy) is 1. The van der Waals surface area contributed by atoms with Gasteiger partial charge in [-0.05, 0) is 47.9 Å². The van der Waals surface area contributed by atoms with Gasteiger partial charge in [-0.25, -0.2) is 0 Å². The molecule has 0 bridgehead atoms. The van der Waals surface area contributed by atoms with Gasteiger partial charge in [0.1, 0.15) is 0 Å². The molecule has 1 aliphatic carbocycles. The topological polar surface area (TPSA) is 42.4 Å². The molecule has 0 radical (unpaired) electrons. The second-order valence-corrected chi connectivity index (χ2v) is 5.66. The lowest BCUT2D eigenvalue weighted by Gasteiger charge is -2.25. The molecule has 1 unspecified atom stereocenters. The highest BCUT2D eigenvalue weighted by Gasteiger charge is 2.21. The fraction of sp³-hybridized carbons (Fsp3) is 0.389. The fourth-order valence-corrected chi connectivity index (χ4v) is 3.03. The summed E-state index contributed by atoms with van der Waals surface area (Å²) in [4.78, 5) is 4.26. The molecule has 2 aromatic rings. The van der Waals surface area contributed by atoms with E-state index in [1.165, 1.54) is 16.7 Å². The number of rotatable bonds is 5. The first kappa shape index (κ1) is 14.2. The van der Waals surface area contributed by atoms with E-state index in [0.717, 1.165) is 31.6 Å². The summed E-state index contributed by atoms with van der Waals surface area (Å²) in [6.45, 7) is 1.52. The van der Waals surface area contributed by atoms with Gasteiger partial charge < -0.3 is 9.84 Å². The lowest BCUT2D eigenvalue weighted by molar-refractivity contribution is 0.0821. The summed E-state index contributed by atoms with van der Waals surface area (Å²) in [5, 5.41) is 9.34. The Morgan fingerprint density at radius 2 is 2.05 bits per heavy atom. The van der Waals surface area contributed by atoms with E-state index in [2.05, 4.69) is 23.2 Å². The predicted molar refractivity (Wildman–Crippen MR) is 81.8 cm³/mol. The molecule has 3 rings (SSSR count). The average molecular weight is 283 g/mol. The molecule has 1 aromatic heterocycles. The van der Waals surface area contributed by atoms with Gasteiger partial charge in [0.05, 0.1) is 25.5 Å². The van der Waals surface area contributed by atoms with E-state index < -0.39 is 0 Å². The summed E-state index contributed by atoms with van der Waals surface area (Å²) in [6.07, 6.45) is 4.94. The molecule has 21 heavy (non-hydrogen) atoms. The highest BCUT2D eigenvalue weighted by molar-refractivity contribution is 5.32. The minimum atomic E-state index is 0.0400.